The highest BCUT2D eigenvalue weighted by atomic mass is 19.3. The quantitative estimate of drug-likeness (QED) is 0.838. The third kappa shape index (κ3) is 4.30. The molecule has 0 saturated carbocycles. The van der Waals surface area contributed by atoms with Gasteiger partial charge < -0.3 is 15.2 Å². The Balaban J connectivity index is 1.78. The molecule has 2 heterocycles. The highest BCUT2D eigenvalue weighted by Gasteiger charge is 2.15. The standard InChI is InChI=1S/C14H21F2N3O/c15-13(16)10-19-8-2-4-12(19)14(20)18-7-5-11-3-1-6-17-9-11/h2,4,8,11,13,17H,1,3,5-7,9-10H2,(H,18,20). The largest absolute Gasteiger partial charge is 0.351 e. The van der Waals surface area contributed by atoms with Crippen LogP contribution in [0.3, 0.4) is 0 Å². The minimum absolute atomic E-state index is 0.278. The maximum Gasteiger partial charge on any atom is 0.267 e. The number of rotatable bonds is 6. The predicted octanol–water partition coefficient (Wildman–Crippen LogP) is 1.87. The second-order valence-electron chi connectivity index (χ2n) is 5.19. The number of carbonyl (C=O) groups is 1. The summed E-state index contributed by atoms with van der Waals surface area (Å²) < 4.78 is 26.0. The van der Waals surface area contributed by atoms with Gasteiger partial charge in [-0.2, -0.15) is 0 Å². The van der Waals surface area contributed by atoms with Crippen LogP contribution in [-0.4, -0.2) is 36.5 Å². The Hall–Kier alpha value is -1.43. The molecule has 4 nitrogen and oxygen atoms in total. The lowest BCUT2D eigenvalue weighted by molar-refractivity contribution is 0.0928. The minimum atomic E-state index is -2.46. The second kappa shape index (κ2) is 7.38. The molecule has 0 aliphatic carbocycles. The zero-order chi connectivity index (χ0) is 14.4. The topological polar surface area (TPSA) is 46.1 Å². The van der Waals surface area contributed by atoms with E-state index in [1.165, 1.54) is 23.6 Å². The van der Waals surface area contributed by atoms with Gasteiger partial charge in [0.05, 0.1) is 6.54 Å². The number of nitrogens with zero attached hydrogens (tertiary/aromatic N) is 1. The molecule has 20 heavy (non-hydrogen) atoms. The second-order valence-corrected chi connectivity index (χ2v) is 5.19. The van der Waals surface area contributed by atoms with Crippen molar-refractivity contribution in [2.45, 2.75) is 32.2 Å². The average molecular weight is 285 g/mol. The first-order valence-electron chi connectivity index (χ1n) is 7.09. The fraction of sp³-hybridized carbons (Fsp3) is 0.643. The summed E-state index contributed by atoms with van der Waals surface area (Å²) in [6, 6.07) is 3.18. The van der Waals surface area contributed by atoms with Gasteiger partial charge in [-0.15, -0.1) is 0 Å². The van der Waals surface area contributed by atoms with Gasteiger partial charge in [-0.05, 0) is 50.4 Å². The Bertz CT molecular complexity index is 428. The number of hydrogen-bond donors (Lipinski definition) is 2. The van der Waals surface area contributed by atoms with Gasteiger partial charge in [-0.25, -0.2) is 8.78 Å². The summed E-state index contributed by atoms with van der Waals surface area (Å²) in [5, 5.41) is 6.14. The van der Waals surface area contributed by atoms with E-state index < -0.39 is 13.0 Å². The van der Waals surface area contributed by atoms with Gasteiger partial charge >= 0.3 is 0 Å². The van der Waals surface area contributed by atoms with Crippen molar-refractivity contribution in [1.29, 1.82) is 0 Å². The molecule has 1 amide bonds. The Morgan fingerprint density at radius 1 is 1.55 bits per heavy atom. The molecule has 2 rings (SSSR count). The van der Waals surface area contributed by atoms with Crippen LogP contribution in [0.25, 0.3) is 0 Å². The zero-order valence-corrected chi connectivity index (χ0v) is 11.4. The molecule has 0 radical (unpaired) electrons. The van der Waals surface area contributed by atoms with Crippen LogP contribution in [0.5, 0.6) is 0 Å². The molecule has 1 saturated heterocycles. The lowest BCUT2D eigenvalue weighted by Gasteiger charge is -2.22. The number of carbonyl (C=O) groups excluding carboxylic acids is 1. The molecule has 1 aromatic heterocycles. The molecular formula is C14H21F2N3O. The van der Waals surface area contributed by atoms with Gasteiger partial charge in [-0.3, -0.25) is 4.79 Å². The third-order valence-electron chi connectivity index (χ3n) is 3.63. The maximum absolute atomic E-state index is 12.4. The van der Waals surface area contributed by atoms with Gasteiger partial charge in [0.25, 0.3) is 12.3 Å². The Morgan fingerprint density at radius 3 is 3.10 bits per heavy atom. The number of halogens is 2. The van der Waals surface area contributed by atoms with E-state index in [1.807, 2.05) is 0 Å². The SMILES string of the molecule is O=C(NCCC1CCCNC1)c1cccn1CC(F)F. The summed E-state index contributed by atoms with van der Waals surface area (Å²) in [5.74, 6) is 0.316. The zero-order valence-electron chi connectivity index (χ0n) is 11.4. The number of nitrogens with one attached hydrogen (secondary N) is 2. The molecular weight excluding hydrogens is 264 g/mol. The van der Waals surface area contributed by atoms with Crippen LogP contribution in [0.4, 0.5) is 8.78 Å². The summed E-state index contributed by atoms with van der Waals surface area (Å²) in [6.45, 7) is 2.22. The Kier molecular flexibility index (Phi) is 5.52. The van der Waals surface area contributed by atoms with Crippen LogP contribution >= 0.6 is 0 Å². The molecule has 0 aromatic carbocycles. The van der Waals surface area contributed by atoms with Crippen molar-refractivity contribution >= 4 is 5.91 Å². The summed E-state index contributed by atoms with van der Waals surface area (Å²) in [6.07, 6.45) is 2.34. The van der Waals surface area contributed by atoms with Crippen LogP contribution in [0.2, 0.25) is 0 Å². The average Bonchev–Trinajstić information content (AvgIpc) is 2.87. The minimum Gasteiger partial charge on any atom is -0.351 e. The first kappa shape index (κ1) is 15.0. The molecule has 0 spiro atoms. The van der Waals surface area contributed by atoms with Gasteiger partial charge in [0.1, 0.15) is 5.69 Å². The molecule has 1 aromatic rings. The van der Waals surface area contributed by atoms with Crippen molar-refractivity contribution < 1.29 is 13.6 Å². The number of amides is 1. The van der Waals surface area contributed by atoms with Crippen LogP contribution in [0, 0.1) is 5.92 Å². The number of piperidine rings is 1. The molecule has 112 valence electrons. The van der Waals surface area contributed by atoms with Gasteiger partial charge in [0.2, 0.25) is 0 Å². The van der Waals surface area contributed by atoms with Crippen molar-refractivity contribution in [3.05, 3.63) is 24.0 Å². The van der Waals surface area contributed by atoms with E-state index in [4.69, 9.17) is 0 Å². The summed E-state index contributed by atoms with van der Waals surface area (Å²) in [7, 11) is 0. The van der Waals surface area contributed by atoms with Crippen molar-refractivity contribution in [2.75, 3.05) is 19.6 Å². The lowest BCUT2D eigenvalue weighted by Crippen LogP contribution is -2.33. The first-order chi connectivity index (χ1) is 9.66. The monoisotopic (exact) mass is 285 g/mol. The van der Waals surface area contributed by atoms with Crippen LogP contribution < -0.4 is 10.6 Å². The van der Waals surface area contributed by atoms with Crippen molar-refractivity contribution in [3.8, 4) is 0 Å². The molecule has 1 atom stereocenters. The Morgan fingerprint density at radius 2 is 2.40 bits per heavy atom. The van der Waals surface area contributed by atoms with Gasteiger partial charge in [-0.1, -0.05) is 0 Å². The smallest absolute Gasteiger partial charge is 0.267 e. The predicted molar refractivity (Wildman–Crippen MR) is 73.0 cm³/mol. The number of alkyl halides is 2. The van der Waals surface area contributed by atoms with E-state index in [-0.39, 0.29) is 5.91 Å². The lowest BCUT2D eigenvalue weighted by atomic mass is 9.96. The Labute approximate surface area is 117 Å². The molecule has 1 fully saturated rings. The highest BCUT2D eigenvalue weighted by Crippen LogP contribution is 2.13. The maximum atomic E-state index is 12.4. The summed E-state index contributed by atoms with van der Waals surface area (Å²) in [5.41, 5.74) is 0.298. The van der Waals surface area contributed by atoms with Crippen molar-refractivity contribution in [3.63, 3.8) is 0 Å². The molecule has 1 unspecified atom stereocenters. The third-order valence-corrected chi connectivity index (χ3v) is 3.63. The summed E-state index contributed by atoms with van der Waals surface area (Å²) >= 11 is 0. The summed E-state index contributed by atoms with van der Waals surface area (Å²) in [4.78, 5) is 12.0. The van der Waals surface area contributed by atoms with E-state index in [9.17, 15) is 13.6 Å². The van der Waals surface area contributed by atoms with Crippen molar-refractivity contribution in [2.24, 2.45) is 5.92 Å². The molecule has 2 N–H and O–H groups in total. The van der Waals surface area contributed by atoms with E-state index in [0.29, 0.717) is 18.2 Å². The fourth-order valence-electron chi connectivity index (χ4n) is 2.58. The number of aromatic nitrogens is 1. The molecule has 1 aliphatic rings. The normalized spacial score (nSPS) is 19.2. The van der Waals surface area contributed by atoms with E-state index in [0.717, 1.165) is 19.5 Å². The highest BCUT2D eigenvalue weighted by molar-refractivity contribution is 5.92. The van der Waals surface area contributed by atoms with E-state index in [2.05, 4.69) is 10.6 Å². The van der Waals surface area contributed by atoms with Crippen molar-refractivity contribution in [1.82, 2.24) is 15.2 Å². The first-order valence-corrected chi connectivity index (χ1v) is 7.09. The van der Waals surface area contributed by atoms with E-state index in [1.54, 1.807) is 12.1 Å². The van der Waals surface area contributed by atoms with E-state index >= 15 is 0 Å². The molecule has 1 aliphatic heterocycles. The molecule has 0 bridgehead atoms. The number of hydrogen-bond acceptors (Lipinski definition) is 2. The molecule has 6 heteroatoms. The fourth-order valence-corrected chi connectivity index (χ4v) is 2.58. The van der Waals surface area contributed by atoms with Gasteiger partial charge in [0, 0.05) is 12.7 Å². The van der Waals surface area contributed by atoms with Crippen LogP contribution in [-0.2, 0) is 6.54 Å². The van der Waals surface area contributed by atoms with Gasteiger partial charge in [0.15, 0.2) is 0 Å². The van der Waals surface area contributed by atoms with Crippen LogP contribution in [0.15, 0.2) is 18.3 Å². The van der Waals surface area contributed by atoms with Crippen LogP contribution in [0.1, 0.15) is 29.8 Å².